The molecule has 0 amide bonds. The van der Waals surface area contributed by atoms with Gasteiger partial charge in [-0.3, -0.25) is 0 Å². The highest BCUT2D eigenvalue weighted by molar-refractivity contribution is 7.12. The van der Waals surface area contributed by atoms with E-state index in [0.717, 1.165) is 18.0 Å². The zero-order valence-corrected chi connectivity index (χ0v) is 14.1. The molecule has 0 bridgehead atoms. The Morgan fingerprint density at radius 3 is 2.81 bits per heavy atom. The van der Waals surface area contributed by atoms with Gasteiger partial charge in [-0.05, 0) is 61.9 Å². The van der Waals surface area contributed by atoms with E-state index in [1.807, 2.05) is 23.5 Å². The molecule has 3 rings (SSSR count). The number of nitrogens with one attached hydrogen (secondary N) is 1. The molecule has 0 saturated heterocycles. The Morgan fingerprint density at radius 1 is 1.24 bits per heavy atom. The highest BCUT2D eigenvalue weighted by Gasteiger charge is 2.19. The number of halogens is 1. The molecule has 112 valence electrons. The van der Waals surface area contributed by atoms with E-state index < -0.39 is 0 Å². The first-order valence-electron chi connectivity index (χ1n) is 7.86. The maximum atomic E-state index is 6.33. The molecule has 3 heteroatoms. The van der Waals surface area contributed by atoms with E-state index in [0.29, 0.717) is 6.04 Å². The van der Waals surface area contributed by atoms with Crippen molar-refractivity contribution in [1.82, 2.24) is 5.32 Å². The minimum absolute atomic E-state index is 0.380. The second-order valence-corrected chi connectivity index (χ2v) is 7.29. The van der Waals surface area contributed by atoms with Crippen LogP contribution in [-0.4, -0.2) is 6.54 Å². The number of rotatable bonds is 5. The predicted octanol–water partition coefficient (Wildman–Crippen LogP) is 5.17. The molecular formula is C18H22ClNS. The summed E-state index contributed by atoms with van der Waals surface area (Å²) in [6.07, 6.45) is 6.19. The van der Waals surface area contributed by atoms with Crippen LogP contribution >= 0.6 is 22.9 Å². The molecule has 0 saturated carbocycles. The Hall–Kier alpha value is -0.830. The predicted molar refractivity (Wildman–Crippen MR) is 92.5 cm³/mol. The van der Waals surface area contributed by atoms with E-state index in [-0.39, 0.29) is 0 Å². The summed E-state index contributed by atoms with van der Waals surface area (Å²) >= 11 is 8.34. The summed E-state index contributed by atoms with van der Waals surface area (Å²) in [6.45, 7) is 3.16. The molecule has 0 fully saturated rings. The van der Waals surface area contributed by atoms with Gasteiger partial charge in [0.05, 0.1) is 0 Å². The van der Waals surface area contributed by atoms with Crippen LogP contribution in [0.1, 0.15) is 46.7 Å². The third kappa shape index (κ3) is 3.50. The van der Waals surface area contributed by atoms with Crippen LogP contribution in [0, 0.1) is 0 Å². The Balaban J connectivity index is 1.84. The highest BCUT2D eigenvalue weighted by Crippen LogP contribution is 2.34. The number of likely N-dealkylation sites (N-methyl/N-ethyl adjacent to an activating group) is 1. The molecule has 1 aliphatic carbocycles. The number of benzene rings is 1. The maximum Gasteiger partial charge on any atom is 0.0456 e. The van der Waals surface area contributed by atoms with Crippen molar-refractivity contribution in [3.63, 3.8) is 0 Å². The van der Waals surface area contributed by atoms with Crippen molar-refractivity contribution in [2.75, 3.05) is 6.54 Å². The van der Waals surface area contributed by atoms with E-state index in [4.69, 9.17) is 11.6 Å². The Bertz CT molecular complexity index is 582. The molecule has 1 atom stereocenters. The molecule has 21 heavy (non-hydrogen) atoms. The summed E-state index contributed by atoms with van der Waals surface area (Å²) < 4.78 is 0. The van der Waals surface area contributed by atoms with Gasteiger partial charge in [-0.25, -0.2) is 0 Å². The van der Waals surface area contributed by atoms with Gasteiger partial charge in [-0.1, -0.05) is 36.7 Å². The second kappa shape index (κ2) is 6.95. The van der Waals surface area contributed by atoms with Crippen molar-refractivity contribution in [1.29, 1.82) is 0 Å². The van der Waals surface area contributed by atoms with Crippen molar-refractivity contribution < 1.29 is 0 Å². The average molecular weight is 320 g/mol. The van der Waals surface area contributed by atoms with Crippen molar-refractivity contribution in [2.24, 2.45) is 0 Å². The Labute approximate surface area is 136 Å². The first kappa shape index (κ1) is 15.1. The first-order valence-corrected chi connectivity index (χ1v) is 9.05. The summed E-state index contributed by atoms with van der Waals surface area (Å²) in [6, 6.07) is 11.0. The lowest BCUT2D eigenvalue weighted by molar-refractivity contribution is 0.558. The van der Waals surface area contributed by atoms with Crippen LogP contribution in [0.4, 0.5) is 0 Å². The Morgan fingerprint density at radius 2 is 2.05 bits per heavy atom. The molecule has 1 unspecified atom stereocenters. The summed E-state index contributed by atoms with van der Waals surface area (Å²) in [5, 5.41) is 4.51. The van der Waals surface area contributed by atoms with E-state index in [1.165, 1.54) is 36.1 Å². The molecular weight excluding hydrogens is 298 g/mol. The van der Waals surface area contributed by atoms with Crippen molar-refractivity contribution in [2.45, 2.75) is 45.1 Å². The quantitative estimate of drug-likeness (QED) is 0.801. The fourth-order valence-corrected chi connectivity index (χ4v) is 4.63. The second-order valence-electron chi connectivity index (χ2n) is 5.71. The van der Waals surface area contributed by atoms with Gasteiger partial charge in [0.25, 0.3) is 0 Å². The number of fused-ring (bicyclic) bond motifs is 1. The van der Waals surface area contributed by atoms with Gasteiger partial charge < -0.3 is 5.32 Å². The van der Waals surface area contributed by atoms with Crippen LogP contribution in [0.15, 0.2) is 30.3 Å². The zero-order chi connectivity index (χ0) is 14.7. The van der Waals surface area contributed by atoms with E-state index in [9.17, 15) is 0 Å². The third-order valence-electron chi connectivity index (χ3n) is 4.19. The normalized spacial score (nSPS) is 15.7. The molecule has 1 aromatic carbocycles. The lowest BCUT2D eigenvalue weighted by Crippen LogP contribution is -2.22. The summed E-state index contributed by atoms with van der Waals surface area (Å²) in [4.78, 5) is 3.09. The highest BCUT2D eigenvalue weighted by atomic mass is 35.5. The fourth-order valence-electron chi connectivity index (χ4n) is 3.09. The number of thiophene rings is 1. The summed E-state index contributed by atoms with van der Waals surface area (Å²) in [5.41, 5.74) is 2.82. The standard InChI is InChI=1S/C18H22ClNS/c1-2-20-16(11-13-7-3-5-9-15(13)19)18-12-14-8-4-6-10-17(14)21-18/h3,5,7,9,12,16,20H,2,4,6,8,10-11H2,1H3. The maximum absolute atomic E-state index is 6.33. The van der Waals surface area contributed by atoms with E-state index in [2.05, 4.69) is 30.4 Å². The molecule has 1 aliphatic rings. The number of hydrogen-bond donors (Lipinski definition) is 1. The molecule has 0 spiro atoms. The third-order valence-corrected chi connectivity index (χ3v) is 5.91. The SMILES string of the molecule is CCNC(Cc1ccccc1Cl)c1cc2c(s1)CCCC2. The average Bonchev–Trinajstić information content (AvgIpc) is 2.93. The monoisotopic (exact) mass is 319 g/mol. The minimum atomic E-state index is 0.380. The summed E-state index contributed by atoms with van der Waals surface area (Å²) in [5.74, 6) is 0. The molecule has 1 aromatic heterocycles. The van der Waals surface area contributed by atoms with E-state index in [1.54, 1.807) is 10.4 Å². The first-order chi connectivity index (χ1) is 10.3. The lowest BCUT2D eigenvalue weighted by atomic mass is 9.98. The van der Waals surface area contributed by atoms with Crippen LogP contribution in [0.5, 0.6) is 0 Å². The molecule has 1 heterocycles. The van der Waals surface area contributed by atoms with Gasteiger partial charge >= 0.3 is 0 Å². The van der Waals surface area contributed by atoms with Gasteiger partial charge in [0.2, 0.25) is 0 Å². The molecule has 1 nitrogen and oxygen atoms in total. The van der Waals surface area contributed by atoms with Gasteiger partial charge in [0, 0.05) is 20.8 Å². The van der Waals surface area contributed by atoms with Crippen LogP contribution in [0.25, 0.3) is 0 Å². The van der Waals surface area contributed by atoms with Gasteiger partial charge in [0.1, 0.15) is 0 Å². The number of hydrogen-bond acceptors (Lipinski definition) is 2. The molecule has 0 radical (unpaired) electrons. The van der Waals surface area contributed by atoms with Crippen LogP contribution in [-0.2, 0) is 19.3 Å². The van der Waals surface area contributed by atoms with Crippen molar-refractivity contribution in [3.8, 4) is 0 Å². The largest absolute Gasteiger partial charge is 0.309 e. The fraction of sp³-hybridized carbons (Fsp3) is 0.444. The zero-order valence-electron chi connectivity index (χ0n) is 12.5. The van der Waals surface area contributed by atoms with Crippen molar-refractivity contribution >= 4 is 22.9 Å². The van der Waals surface area contributed by atoms with Crippen molar-refractivity contribution in [3.05, 3.63) is 56.2 Å². The Kier molecular flexibility index (Phi) is 4.99. The van der Waals surface area contributed by atoms with Crippen LogP contribution in [0.3, 0.4) is 0 Å². The van der Waals surface area contributed by atoms with Crippen LogP contribution in [0.2, 0.25) is 5.02 Å². The smallest absolute Gasteiger partial charge is 0.0456 e. The molecule has 1 N–H and O–H groups in total. The molecule has 0 aliphatic heterocycles. The van der Waals surface area contributed by atoms with E-state index >= 15 is 0 Å². The topological polar surface area (TPSA) is 12.0 Å². The minimum Gasteiger partial charge on any atom is -0.309 e. The van der Waals surface area contributed by atoms with Crippen LogP contribution < -0.4 is 5.32 Å². The van der Waals surface area contributed by atoms with Gasteiger partial charge in [0.15, 0.2) is 0 Å². The summed E-state index contributed by atoms with van der Waals surface area (Å²) in [7, 11) is 0. The molecule has 2 aromatic rings. The number of aryl methyl sites for hydroxylation is 2. The van der Waals surface area contributed by atoms with Gasteiger partial charge in [-0.2, -0.15) is 0 Å². The van der Waals surface area contributed by atoms with Gasteiger partial charge in [-0.15, -0.1) is 11.3 Å². The lowest BCUT2D eigenvalue weighted by Gasteiger charge is -2.17.